The van der Waals surface area contributed by atoms with Crippen molar-refractivity contribution in [1.29, 1.82) is 0 Å². The van der Waals surface area contributed by atoms with E-state index in [9.17, 15) is 18.0 Å². The highest BCUT2D eigenvalue weighted by molar-refractivity contribution is 5.43. The lowest BCUT2D eigenvalue weighted by Gasteiger charge is -2.28. The van der Waals surface area contributed by atoms with Crippen molar-refractivity contribution >= 4 is 5.69 Å². The first kappa shape index (κ1) is 15.8. The first-order valence-electron chi connectivity index (χ1n) is 6.63. The van der Waals surface area contributed by atoms with Gasteiger partial charge in [0.1, 0.15) is 0 Å². The molecule has 1 N–H and O–H groups in total. The summed E-state index contributed by atoms with van der Waals surface area (Å²) in [5.41, 5.74) is 0.385. The minimum atomic E-state index is -4.25. The van der Waals surface area contributed by atoms with E-state index in [0.717, 1.165) is 4.68 Å². The highest BCUT2D eigenvalue weighted by Crippen LogP contribution is 2.12. The minimum absolute atomic E-state index is 0.0311. The van der Waals surface area contributed by atoms with Gasteiger partial charge in [-0.25, -0.2) is 4.68 Å². The third-order valence-corrected chi connectivity index (χ3v) is 3.06. The first-order chi connectivity index (χ1) is 9.96. The zero-order valence-corrected chi connectivity index (χ0v) is 11.4. The van der Waals surface area contributed by atoms with Crippen molar-refractivity contribution in [2.24, 2.45) is 0 Å². The number of anilines is 1. The molecule has 6 nitrogen and oxygen atoms in total. The lowest BCUT2D eigenvalue weighted by atomic mass is 10.3. The Labute approximate surface area is 119 Å². The Morgan fingerprint density at radius 1 is 1.33 bits per heavy atom. The topological polar surface area (TPSA) is 59.4 Å². The fraction of sp³-hybridized carbons (Fsp3) is 0.667. The fourth-order valence-corrected chi connectivity index (χ4v) is 2.00. The van der Waals surface area contributed by atoms with E-state index in [1.54, 1.807) is 6.20 Å². The van der Waals surface area contributed by atoms with Gasteiger partial charge in [0, 0.05) is 25.7 Å². The standard InChI is InChI=1S/C12H17F3N4O2/c13-12(14,15)9-16-1-2-19-11(20)7-10(8-17-19)18-3-5-21-6-4-18/h7-8,16H,1-6,9H2. The number of rotatable bonds is 5. The number of aromatic nitrogens is 2. The Kier molecular flexibility index (Phi) is 5.18. The number of ether oxygens (including phenoxy) is 1. The van der Waals surface area contributed by atoms with Crippen LogP contribution in [0.25, 0.3) is 0 Å². The predicted octanol–water partition coefficient (Wildman–Crippen LogP) is 0.232. The highest BCUT2D eigenvalue weighted by Gasteiger charge is 2.25. The lowest BCUT2D eigenvalue weighted by molar-refractivity contribution is -0.124. The average molecular weight is 306 g/mol. The summed E-state index contributed by atoms with van der Waals surface area (Å²) in [5.74, 6) is 0. The molecule has 0 aliphatic carbocycles. The molecule has 0 spiro atoms. The van der Waals surface area contributed by atoms with Crippen molar-refractivity contribution in [3.8, 4) is 0 Å². The molecule has 1 aromatic rings. The SMILES string of the molecule is O=c1cc(N2CCOCC2)cnn1CCNCC(F)(F)F. The maximum Gasteiger partial charge on any atom is 0.401 e. The Morgan fingerprint density at radius 3 is 2.67 bits per heavy atom. The number of nitrogens with one attached hydrogen (secondary N) is 1. The molecule has 0 atom stereocenters. The van der Waals surface area contributed by atoms with Crippen LogP contribution >= 0.6 is 0 Å². The van der Waals surface area contributed by atoms with Crippen LogP contribution < -0.4 is 15.8 Å². The molecule has 1 aromatic heterocycles. The van der Waals surface area contributed by atoms with Crippen molar-refractivity contribution in [2.45, 2.75) is 12.7 Å². The number of hydrogen-bond donors (Lipinski definition) is 1. The van der Waals surface area contributed by atoms with Gasteiger partial charge in [-0.1, -0.05) is 0 Å². The molecule has 0 bridgehead atoms. The zero-order valence-electron chi connectivity index (χ0n) is 11.4. The van der Waals surface area contributed by atoms with E-state index in [0.29, 0.717) is 32.0 Å². The molecule has 2 rings (SSSR count). The van der Waals surface area contributed by atoms with Gasteiger partial charge in [-0.3, -0.25) is 4.79 Å². The van der Waals surface area contributed by atoms with Crippen LogP contribution in [0.3, 0.4) is 0 Å². The van der Waals surface area contributed by atoms with Crippen LogP contribution in [0.1, 0.15) is 0 Å². The first-order valence-corrected chi connectivity index (χ1v) is 6.63. The van der Waals surface area contributed by atoms with E-state index < -0.39 is 12.7 Å². The summed E-state index contributed by atoms with van der Waals surface area (Å²) in [4.78, 5) is 13.9. The van der Waals surface area contributed by atoms with Crippen LogP contribution in [0.2, 0.25) is 0 Å². The van der Waals surface area contributed by atoms with Crippen LogP contribution in [-0.2, 0) is 11.3 Å². The van der Waals surface area contributed by atoms with Crippen molar-refractivity contribution < 1.29 is 17.9 Å². The van der Waals surface area contributed by atoms with Crippen molar-refractivity contribution in [3.63, 3.8) is 0 Å². The lowest BCUT2D eigenvalue weighted by Crippen LogP contribution is -2.38. The second kappa shape index (κ2) is 6.90. The number of nitrogens with zero attached hydrogens (tertiary/aromatic N) is 3. The average Bonchev–Trinajstić information content (AvgIpc) is 2.45. The number of morpholine rings is 1. The quantitative estimate of drug-likeness (QED) is 0.789. The summed E-state index contributed by atoms with van der Waals surface area (Å²) in [6, 6.07) is 1.45. The predicted molar refractivity (Wildman–Crippen MR) is 70.5 cm³/mol. The Hall–Kier alpha value is -1.61. The van der Waals surface area contributed by atoms with E-state index in [2.05, 4.69) is 10.4 Å². The smallest absolute Gasteiger partial charge is 0.378 e. The Morgan fingerprint density at radius 2 is 2.05 bits per heavy atom. The van der Waals surface area contributed by atoms with Gasteiger partial charge in [0.25, 0.3) is 5.56 Å². The third-order valence-electron chi connectivity index (χ3n) is 3.06. The molecular weight excluding hydrogens is 289 g/mol. The van der Waals surface area contributed by atoms with E-state index in [4.69, 9.17) is 4.74 Å². The molecule has 9 heteroatoms. The van der Waals surface area contributed by atoms with Gasteiger partial charge in [0.05, 0.1) is 38.2 Å². The Balaban J connectivity index is 1.88. The number of alkyl halides is 3. The zero-order chi connectivity index (χ0) is 15.3. The second-order valence-electron chi connectivity index (χ2n) is 4.67. The normalized spacial score (nSPS) is 16.2. The molecule has 0 unspecified atom stereocenters. The van der Waals surface area contributed by atoms with Crippen LogP contribution in [0.4, 0.5) is 18.9 Å². The largest absolute Gasteiger partial charge is 0.401 e. The van der Waals surface area contributed by atoms with E-state index in [-0.39, 0.29) is 18.6 Å². The van der Waals surface area contributed by atoms with Gasteiger partial charge >= 0.3 is 6.18 Å². The van der Waals surface area contributed by atoms with Gasteiger partial charge in [-0.15, -0.1) is 0 Å². The number of halogens is 3. The molecule has 1 aliphatic rings. The summed E-state index contributed by atoms with van der Waals surface area (Å²) in [6.07, 6.45) is -2.70. The molecular formula is C12H17F3N4O2. The molecule has 0 aromatic carbocycles. The summed E-state index contributed by atoms with van der Waals surface area (Å²) < 4.78 is 42.2. The van der Waals surface area contributed by atoms with E-state index >= 15 is 0 Å². The maximum atomic E-state index is 12.0. The number of hydrogen-bond acceptors (Lipinski definition) is 5. The molecule has 0 amide bonds. The van der Waals surface area contributed by atoms with E-state index in [1.165, 1.54) is 6.07 Å². The molecule has 2 heterocycles. The minimum Gasteiger partial charge on any atom is -0.378 e. The molecule has 0 radical (unpaired) electrons. The molecule has 0 saturated carbocycles. The fourth-order valence-electron chi connectivity index (χ4n) is 2.00. The van der Waals surface area contributed by atoms with Gasteiger partial charge in [0.2, 0.25) is 0 Å². The van der Waals surface area contributed by atoms with Gasteiger partial charge in [0.15, 0.2) is 0 Å². The van der Waals surface area contributed by atoms with Crippen molar-refractivity contribution in [3.05, 3.63) is 22.6 Å². The van der Waals surface area contributed by atoms with Crippen LogP contribution in [0, 0.1) is 0 Å². The monoisotopic (exact) mass is 306 g/mol. The summed E-state index contributed by atoms with van der Waals surface area (Å²) in [6.45, 7) is 1.64. The molecule has 21 heavy (non-hydrogen) atoms. The van der Waals surface area contributed by atoms with Gasteiger partial charge < -0.3 is 15.0 Å². The van der Waals surface area contributed by atoms with Crippen LogP contribution in [0.15, 0.2) is 17.1 Å². The van der Waals surface area contributed by atoms with Crippen LogP contribution in [0.5, 0.6) is 0 Å². The third kappa shape index (κ3) is 5.01. The van der Waals surface area contributed by atoms with E-state index in [1.807, 2.05) is 4.90 Å². The molecule has 1 fully saturated rings. The van der Waals surface area contributed by atoms with Gasteiger partial charge in [-0.05, 0) is 0 Å². The van der Waals surface area contributed by atoms with Crippen molar-refractivity contribution in [1.82, 2.24) is 15.1 Å². The molecule has 118 valence electrons. The van der Waals surface area contributed by atoms with Crippen LogP contribution in [-0.4, -0.2) is 55.3 Å². The molecule has 1 saturated heterocycles. The summed E-state index contributed by atoms with van der Waals surface area (Å²) >= 11 is 0. The summed E-state index contributed by atoms with van der Waals surface area (Å²) in [5, 5.41) is 6.22. The highest BCUT2D eigenvalue weighted by atomic mass is 19.4. The summed E-state index contributed by atoms with van der Waals surface area (Å²) in [7, 11) is 0. The maximum absolute atomic E-state index is 12.0. The van der Waals surface area contributed by atoms with Crippen molar-refractivity contribution in [2.75, 3.05) is 44.3 Å². The second-order valence-corrected chi connectivity index (χ2v) is 4.67. The Bertz CT molecular complexity index is 512. The van der Waals surface area contributed by atoms with Gasteiger partial charge in [-0.2, -0.15) is 18.3 Å². The molecule has 1 aliphatic heterocycles.